The van der Waals surface area contributed by atoms with Gasteiger partial charge >= 0.3 is 0 Å². The molecule has 1 aromatic rings. The zero-order valence-corrected chi connectivity index (χ0v) is 9.92. The molecule has 1 unspecified atom stereocenters. The first-order valence-electron chi connectivity index (χ1n) is 5.67. The SMILES string of the molecule is COc1cccc(CNC2(C)CCNC2)n1. The van der Waals surface area contributed by atoms with E-state index in [9.17, 15) is 0 Å². The first kappa shape index (κ1) is 11.4. The lowest BCUT2D eigenvalue weighted by molar-refractivity contribution is 0.375. The van der Waals surface area contributed by atoms with E-state index in [0.717, 1.165) is 31.7 Å². The summed E-state index contributed by atoms with van der Waals surface area (Å²) in [4.78, 5) is 4.38. The average molecular weight is 221 g/mol. The highest BCUT2D eigenvalue weighted by molar-refractivity contribution is 5.15. The van der Waals surface area contributed by atoms with Crippen molar-refractivity contribution in [3.8, 4) is 5.88 Å². The normalized spacial score (nSPS) is 24.6. The topological polar surface area (TPSA) is 46.2 Å². The van der Waals surface area contributed by atoms with E-state index in [4.69, 9.17) is 4.74 Å². The van der Waals surface area contributed by atoms with E-state index in [-0.39, 0.29) is 5.54 Å². The van der Waals surface area contributed by atoms with Gasteiger partial charge in [0.05, 0.1) is 12.8 Å². The Morgan fingerprint density at radius 1 is 1.56 bits per heavy atom. The lowest BCUT2D eigenvalue weighted by Crippen LogP contribution is -2.43. The summed E-state index contributed by atoms with van der Waals surface area (Å²) in [6.45, 7) is 5.15. The molecule has 0 aliphatic carbocycles. The van der Waals surface area contributed by atoms with E-state index in [2.05, 4.69) is 22.5 Å². The highest BCUT2D eigenvalue weighted by atomic mass is 16.5. The summed E-state index contributed by atoms with van der Waals surface area (Å²) in [5.41, 5.74) is 1.22. The molecule has 1 saturated heterocycles. The van der Waals surface area contributed by atoms with Gasteiger partial charge in [-0.15, -0.1) is 0 Å². The first-order valence-corrected chi connectivity index (χ1v) is 5.67. The number of ether oxygens (including phenoxy) is 1. The Balaban J connectivity index is 1.93. The van der Waals surface area contributed by atoms with Crippen LogP contribution in [0.4, 0.5) is 0 Å². The van der Waals surface area contributed by atoms with Crippen molar-refractivity contribution in [2.45, 2.75) is 25.4 Å². The van der Waals surface area contributed by atoms with Gasteiger partial charge in [0, 0.05) is 24.7 Å². The molecule has 0 bridgehead atoms. The lowest BCUT2D eigenvalue weighted by Gasteiger charge is -2.24. The van der Waals surface area contributed by atoms with Gasteiger partial charge in [-0.3, -0.25) is 0 Å². The van der Waals surface area contributed by atoms with Crippen LogP contribution in [0.3, 0.4) is 0 Å². The molecule has 1 fully saturated rings. The molecular formula is C12H19N3O. The minimum atomic E-state index is 0.199. The van der Waals surface area contributed by atoms with Crippen molar-refractivity contribution in [2.24, 2.45) is 0 Å². The molecule has 0 aromatic carbocycles. The number of rotatable bonds is 4. The van der Waals surface area contributed by atoms with Crippen LogP contribution in [-0.2, 0) is 6.54 Å². The van der Waals surface area contributed by atoms with Gasteiger partial charge in [-0.05, 0) is 26.0 Å². The molecule has 4 nitrogen and oxygen atoms in total. The highest BCUT2D eigenvalue weighted by Gasteiger charge is 2.27. The van der Waals surface area contributed by atoms with E-state index in [1.165, 1.54) is 0 Å². The molecule has 1 aliphatic heterocycles. The zero-order chi connectivity index (χ0) is 11.4. The lowest BCUT2D eigenvalue weighted by atomic mass is 10.0. The molecule has 0 radical (unpaired) electrons. The second-order valence-electron chi connectivity index (χ2n) is 4.51. The van der Waals surface area contributed by atoms with Crippen molar-refractivity contribution in [3.63, 3.8) is 0 Å². The number of methoxy groups -OCH3 is 1. The average Bonchev–Trinajstić information content (AvgIpc) is 2.75. The fourth-order valence-corrected chi connectivity index (χ4v) is 1.94. The summed E-state index contributed by atoms with van der Waals surface area (Å²) >= 11 is 0. The molecule has 0 amide bonds. The molecule has 2 rings (SSSR count). The van der Waals surface area contributed by atoms with Crippen molar-refractivity contribution in [3.05, 3.63) is 23.9 Å². The molecule has 0 saturated carbocycles. The maximum atomic E-state index is 5.10. The molecule has 2 N–H and O–H groups in total. The van der Waals surface area contributed by atoms with Gasteiger partial charge in [0.1, 0.15) is 0 Å². The van der Waals surface area contributed by atoms with Gasteiger partial charge < -0.3 is 15.4 Å². The van der Waals surface area contributed by atoms with Gasteiger partial charge in [-0.25, -0.2) is 4.98 Å². The fourth-order valence-electron chi connectivity index (χ4n) is 1.94. The summed E-state index contributed by atoms with van der Waals surface area (Å²) in [7, 11) is 1.64. The Morgan fingerprint density at radius 2 is 2.44 bits per heavy atom. The number of hydrogen-bond acceptors (Lipinski definition) is 4. The van der Waals surface area contributed by atoms with Crippen LogP contribution in [0, 0.1) is 0 Å². The minimum absolute atomic E-state index is 0.199. The minimum Gasteiger partial charge on any atom is -0.481 e. The van der Waals surface area contributed by atoms with Gasteiger partial charge in [0.15, 0.2) is 0 Å². The predicted molar refractivity (Wildman–Crippen MR) is 63.5 cm³/mol. The van der Waals surface area contributed by atoms with E-state index in [1.807, 2.05) is 18.2 Å². The molecule has 1 atom stereocenters. The van der Waals surface area contributed by atoms with Gasteiger partial charge in [-0.2, -0.15) is 0 Å². The molecule has 4 heteroatoms. The van der Waals surface area contributed by atoms with Crippen LogP contribution < -0.4 is 15.4 Å². The van der Waals surface area contributed by atoms with Crippen LogP contribution in [0.15, 0.2) is 18.2 Å². The molecule has 0 spiro atoms. The highest BCUT2D eigenvalue weighted by Crippen LogP contribution is 2.14. The molecule has 16 heavy (non-hydrogen) atoms. The monoisotopic (exact) mass is 221 g/mol. The van der Waals surface area contributed by atoms with Crippen molar-refractivity contribution in [1.82, 2.24) is 15.6 Å². The largest absolute Gasteiger partial charge is 0.481 e. The van der Waals surface area contributed by atoms with Crippen LogP contribution in [0.2, 0.25) is 0 Å². The Labute approximate surface area is 96.4 Å². The van der Waals surface area contributed by atoms with Gasteiger partial charge in [0.2, 0.25) is 5.88 Å². The van der Waals surface area contributed by atoms with Crippen LogP contribution in [0.25, 0.3) is 0 Å². The van der Waals surface area contributed by atoms with Gasteiger partial charge in [-0.1, -0.05) is 6.07 Å². The summed E-state index contributed by atoms with van der Waals surface area (Å²) in [5.74, 6) is 0.675. The smallest absolute Gasteiger partial charge is 0.213 e. The quantitative estimate of drug-likeness (QED) is 0.794. The second kappa shape index (κ2) is 4.80. The van der Waals surface area contributed by atoms with E-state index in [1.54, 1.807) is 7.11 Å². The van der Waals surface area contributed by atoms with Crippen LogP contribution in [-0.4, -0.2) is 30.7 Å². The van der Waals surface area contributed by atoms with Gasteiger partial charge in [0.25, 0.3) is 0 Å². The van der Waals surface area contributed by atoms with Crippen LogP contribution in [0.5, 0.6) is 5.88 Å². The Morgan fingerprint density at radius 3 is 3.12 bits per heavy atom. The molecule has 88 valence electrons. The molecule has 1 aliphatic rings. The van der Waals surface area contributed by atoms with Crippen molar-refractivity contribution in [1.29, 1.82) is 0 Å². The summed E-state index contributed by atoms with van der Waals surface area (Å²) < 4.78 is 5.10. The summed E-state index contributed by atoms with van der Waals surface area (Å²) in [6.07, 6.45) is 1.16. The maximum Gasteiger partial charge on any atom is 0.213 e. The zero-order valence-electron chi connectivity index (χ0n) is 9.92. The predicted octanol–water partition coefficient (Wildman–Crippen LogP) is 0.932. The Hall–Kier alpha value is -1.13. The van der Waals surface area contributed by atoms with Crippen molar-refractivity contribution >= 4 is 0 Å². The third-order valence-electron chi connectivity index (χ3n) is 3.06. The second-order valence-corrected chi connectivity index (χ2v) is 4.51. The first-order chi connectivity index (χ1) is 7.72. The number of nitrogens with one attached hydrogen (secondary N) is 2. The Bertz CT molecular complexity index is 348. The van der Waals surface area contributed by atoms with E-state index < -0.39 is 0 Å². The number of hydrogen-bond donors (Lipinski definition) is 2. The number of nitrogens with zero attached hydrogens (tertiary/aromatic N) is 1. The van der Waals surface area contributed by atoms with Crippen LogP contribution in [0.1, 0.15) is 19.0 Å². The number of aromatic nitrogens is 1. The summed E-state index contributed by atoms with van der Waals surface area (Å²) in [5, 5.41) is 6.91. The van der Waals surface area contributed by atoms with E-state index >= 15 is 0 Å². The third kappa shape index (κ3) is 2.71. The third-order valence-corrected chi connectivity index (χ3v) is 3.06. The maximum absolute atomic E-state index is 5.10. The van der Waals surface area contributed by atoms with Crippen molar-refractivity contribution in [2.75, 3.05) is 20.2 Å². The molecular weight excluding hydrogens is 202 g/mol. The number of pyridine rings is 1. The standard InChI is InChI=1S/C12H19N3O/c1-12(6-7-13-9-12)14-8-10-4-3-5-11(15-10)16-2/h3-5,13-14H,6-9H2,1-2H3. The summed E-state index contributed by atoms with van der Waals surface area (Å²) in [6, 6.07) is 5.85. The van der Waals surface area contributed by atoms with Crippen LogP contribution >= 0.6 is 0 Å². The van der Waals surface area contributed by atoms with E-state index in [0.29, 0.717) is 5.88 Å². The Kier molecular flexibility index (Phi) is 3.41. The molecule has 2 heterocycles. The fraction of sp³-hybridized carbons (Fsp3) is 0.583. The molecule has 1 aromatic heterocycles. The van der Waals surface area contributed by atoms with Crippen molar-refractivity contribution < 1.29 is 4.74 Å².